The van der Waals surface area contributed by atoms with Crippen molar-refractivity contribution in [3.63, 3.8) is 0 Å². The van der Waals surface area contributed by atoms with Crippen LogP contribution in [0.15, 0.2) is 0 Å². The quantitative estimate of drug-likeness (QED) is 0.824. The lowest BCUT2D eigenvalue weighted by Gasteiger charge is -2.34. The monoisotopic (exact) mass is 335 g/mol. The van der Waals surface area contributed by atoms with Gasteiger partial charge >= 0.3 is 0 Å². The van der Waals surface area contributed by atoms with Crippen LogP contribution in [0.2, 0.25) is 0 Å². The van der Waals surface area contributed by atoms with Crippen LogP contribution in [0.1, 0.15) is 43.5 Å². The van der Waals surface area contributed by atoms with E-state index in [1.165, 1.54) is 12.8 Å². The van der Waals surface area contributed by atoms with Crippen LogP contribution >= 0.6 is 0 Å². The second-order valence-electron chi connectivity index (χ2n) is 6.74. The van der Waals surface area contributed by atoms with Gasteiger partial charge in [0.15, 0.2) is 0 Å². The van der Waals surface area contributed by atoms with E-state index in [9.17, 15) is 0 Å². The number of hydrogen-bond acceptors (Lipinski definition) is 6. The van der Waals surface area contributed by atoms with E-state index >= 15 is 0 Å². The minimum absolute atomic E-state index is 0.299. The predicted octanol–water partition coefficient (Wildman–Crippen LogP) is 2.66. The molecule has 134 valence electrons. The zero-order valence-corrected chi connectivity index (χ0v) is 15.1. The summed E-state index contributed by atoms with van der Waals surface area (Å²) in [6, 6.07) is 0. The van der Waals surface area contributed by atoms with Crippen molar-refractivity contribution in [2.45, 2.75) is 58.2 Å². The summed E-state index contributed by atoms with van der Waals surface area (Å²) in [6.45, 7) is 7.47. The van der Waals surface area contributed by atoms with E-state index in [2.05, 4.69) is 14.9 Å². The minimum atomic E-state index is 0.299. The third-order valence-electron chi connectivity index (χ3n) is 4.91. The van der Waals surface area contributed by atoms with Gasteiger partial charge in [-0.3, -0.25) is 0 Å². The number of methoxy groups -OCH3 is 1. The minimum Gasteiger partial charge on any atom is -0.481 e. The van der Waals surface area contributed by atoms with Gasteiger partial charge in [0.25, 0.3) is 0 Å². The summed E-state index contributed by atoms with van der Waals surface area (Å²) in [5.41, 5.74) is 1.01. The molecule has 0 amide bonds. The first-order valence-electron chi connectivity index (χ1n) is 9.04. The molecule has 0 bridgehead atoms. The van der Waals surface area contributed by atoms with Crippen LogP contribution in [0, 0.1) is 13.8 Å². The normalized spacial score (nSPS) is 22.6. The van der Waals surface area contributed by atoms with Gasteiger partial charge in [0.2, 0.25) is 5.88 Å². The van der Waals surface area contributed by atoms with Crippen molar-refractivity contribution in [1.29, 1.82) is 0 Å². The van der Waals surface area contributed by atoms with Crippen molar-refractivity contribution in [2.24, 2.45) is 0 Å². The molecule has 0 saturated carbocycles. The summed E-state index contributed by atoms with van der Waals surface area (Å²) in [4.78, 5) is 11.3. The van der Waals surface area contributed by atoms with Gasteiger partial charge in [-0.15, -0.1) is 0 Å². The number of anilines is 1. The fourth-order valence-electron chi connectivity index (χ4n) is 3.51. The van der Waals surface area contributed by atoms with Crippen LogP contribution in [0.4, 0.5) is 5.82 Å². The molecule has 1 atom stereocenters. The van der Waals surface area contributed by atoms with E-state index in [4.69, 9.17) is 14.2 Å². The van der Waals surface area contributed by atoms with Crippen molar-refractivity contribution in [3.8, 4) is 5.88 Å². The van der Waals surface area contributed by atoms with Crippen molar-refractivity contribution in [1.82, 2.24) is 9.97 Å². The Kier molecular flexibility index (Phi) is 5.89. The number of piperidine rings is 1. The molecule has 24 heavy (non-hydrogen) atoms. The summed E-state index contributed by atoms with van der Waals surface area (Å²) >= 11 is 0. The van der Waals surface area contributed by atoms with Gasteiger partial charge in [-0.05, 0) is 46.0 Å². The zero-order chi connectivity index (χ0) is 16.9. The Bertz CT molecular complexity index is 539. The maximum Gasteiger partial charge on any atom is 0.221 e. The van der Waals surface area contributed by atoms with Crippen LogP contribution < -0.4 is 9.64 Å². The first-order valence-corrected chi connectivity index (χ1v) is 9.04. The fourth-order valence-corrected chi connectivity index (χ4v) is 3.51. The summed E-state index contributed by atoms with van der Waals surface area (Å²) in [7, 11) is 1.66. The Morgan fingerprint density at radius 3 is 2.58 bits per heavy atom. The zero-order valence-electron chi connectivity index (χ0n) is 15.1. The van der Waals surface area contributed by atoms with Crippen LogP contribution in [0.5, 0.6) is 5.88 Å². The smallest absolute Gasteiger partial charge is 0.221 e. The Morgan fingerprint density at radius 2 is 1.92 bits per heavy atom. The van der Waals surface area contributed by atoms with Gasteiger partial charge in [-0.1, -0.05) is 0 Å². The molecule has 3 rings (SSSR count). The SMILES string of the molecule is COc1nc(C)nc(N2CCC(OCC3CCCCO3)CC2)c1C. The molecular weight excluding hydrogens is 306 g/mol. The highest BCUT2D eigenvalue weighted by Crippen LogP contribution is 2.28. The van der Waals surface area contributed by atoms with Gasteiger partial charge in [-0.2, -0.15) is 4.98 Å². The average Bonchev–Trinajstić information content (AvgIpc) is 2.63. The molecule has 6 nitrogen and oxygen atoms in total. The van der Waals surface area contributed by atoms with Crippen molar-refractivity contribution in [2.75, 3.05) is 38.3 Å². The molecule has 0 aliphatic carbocycles. The molecular formula is C18H29N3O3. The molecule has 0 radical (unpaired) electrons. The standard InChI is InChI=1S/C18H29N3O3/c1-13-17(19-14(2)20-18(13)22-3)21-9-7-15(8-10-21)24-12-16-6-4-5-11-23-16/h15-16H,4-12H2,1-3H3. The Hall–Kier alpha value is -1.40. The van der Waals surface area contributed by atoms with Crippen molar-refractivity contribution < 1.29 is 14.2 Å². The molecule has 1 aromatic rings. The first kappa shape index (κ1) is 17.4. The second kappa shape index (κ2) is 8.12. The molecule has 2 aliphatic heterocycles. The van der Waals surface area contributed by atoms with Crippen LogP contribution in [0.3, 0.4) is 0 Å². The van der Waals surface area contributed by atoms with E-state index < -0.39 is 0 Å². The van der Waals surface area contributed by atoms with E-state index in [-0.39, 0.29) is 0 Å². The highest BCUT2D eigenvalue weighted by molar-refractivity contribution is 5.51. The van der Waals surface area contributed by atoms with Gasteiger partial charge in [0.1, 0.15) is 11.6 Å². The first-order chi connectivity index (χ1) is 11.7. The topological polar surface area (TPSA) is 56.7 Å². The van der Waals surface area contributed by atoms with Crippen LogP contribution in [0.25, 0.3) is 0 Å². The van der Waals surface area contributed by atoms with Crippen molar-refractivity contribution >= 4 is 5.82 Å². The molecule has 0 N–H and O–H groups in total. The Morgan fingerprint density at radius 1 is 1.12 bits per heavy atom. The predicted molar refractivity (Wildman–Crippen MR) is 92.8 cm³/mol. The lowest BCUT2D eigenvalue weighted by Crippen LogP contribution is -2.39. The molecule has 2 saturated heterocycles. The van der Waals surface area contributed by atoms with Gasteiger partial charge < -0.3 is 19.1 Å². The van der Waals surface area contributed by atoms with Gasteiger partial charge in [0.05, 0.1) is 31.5 Å². The maximum atomic E-state index is 6.10. The Balaban J connectivity index is 1.52. The highest BCUT2D eigenvalue weighted by atomic mass is 16.5. The maximum absolute atomic E-state index is 6.10. The number of ether oxygens (including phenoxy) is 3. The number of aryl methyl sites for hydroxylation is 1. The molecule has 3 heterocycles. The number of nitrogens with zero attached hydrogens (tertiary/aromatic N) is 3. The number of hydrogen-bond donors (Lipinski definition) is 0. The Labute approximate surface area is 144 Å². The molecule has 1 unspecified atom stereocenters. The lowest BCUT2D eigenvalue weighted by molar-refractivity contribution is -0.0672. The largest absolute Gasteiger partial charge is 0.481 e. The van der Waals surface area contributed by atoms with Crippen molar-refractivity contribution in [3.05, 3.63) is 11.4 Å². The molecule has 0 aromatic carbocycles. The molecule has 2 aliphatic rings. The molecule has 6 heteroatoms. The summed E-state index contributed by atoms with van der Waals surface area (Å²) in [5.74, 6) is 2.42. The van der Waals surface area contributed by atoms with Gasteiger partial charge in [0, 0.05) is 19.7 Å². The van der Waals surface area contributed by atoms with Gasteiger partial charge in [-0.25, -0.2) is 4.98 Å². The third kappa shape index (κ3) is 4.16. The average molecular weight is 335 g/mol. The molecule has 2 fully saturated rings. The number of rotatable bonds is 5. The molecule has 1 aromatic heterocycles. The van der Waals surface area contributed by atoms with Crippen LogP contribution in [-0.2, 0) is 9.47 Å². The van der Waals surface area contributed by atoms with E-state index in [0.717, 1.165) is 62.8 Å². The fraction of sp³-hybridized carbons (Fsp3) is 0.778. The number of aromatic nitrogens is 2. The second-order valence-corrected chi connectivity index (χ2v) is 6.74. The molecule has 0 spiro atoms. The summed E-state index contributed by atoms with van der Waals surface area (Å²) in [6.07, 6.45) is 6.27. The van der Waals surface area contributed by atoms with E-state index in [1.807, 2.05) is 13.8 Å². The summed E-state index contributed by atoms with van der Waals surface area (Å²) in [5, 5.41) is 0. The van der Waals surface area contributed by atoms with E-state index in [0.29, 0.717) is 18.1 Å². The van der Waals surface area contributed by atoms with E-state index in [1.54, 1.807) is 7.11 Å². The summed E-state index contributed by atoms with van der Waals surface area (Å²) < 4.78 is 17.2. The van der Waals surface area contributed by atoms with Crippen LogP contribution in [-0.4, -0.2) is 55.6 Å². The third-order valence-corrected chi connectivity index (χ3v) is 4.91. The lowest BCUT2D eigenvalue weighted by atomic mass is 10.1. The highest BCUT2D eigenvalue weighted by Gasteiger charge is 2.24.